The van der Waals surface area contributed by atoms with Crippen LogP contribution in [0.2, 0.25) is 0 Å². The third-order valence-corrected chi connectivity index (χ3v) is 4.35. The van der Waals surface area contributed by atoms with Crippen molar-refractivity contribution in [2.75, 3.05) is 13.2 Å². The van der Waals surface area contributed by atoms with Gasteiger partial charge in [-0.05, 0) is 25.7 Å². The third-order valence-electron chi connectivity index (χ3n) is 4.35. The highest BCUT2D eigenvalue weighted by molar-refractivity contribution is 4.93. The predicted molar refractivity (Wildman–Crippen MR) is 72.2 cm³/mol. The van der Waals surface area contributed by atoms with E-state index in [2.05, 4.69) is 11.4 Å². The van der Waals surface area contributed by atoms with Crippen LogP contribution in [0.5, 0.6) is 0 Å². The van der Waals surface area contributed by atoms with Crippen molar-refractivity contribution in [3.05, 3.63) is 0 Å². The summed E-state index contributed by atoms with van der Waals surface area (Å²) < 4.78 is 5.85. The Morgan fingerprint density at radius 3 is 2.50 bits per heavy atom. The summed E-state index contributed by atoms with van der Waals surface area (Å²) in [5, 5.41) is 12.7. The van der Waals surface area contributed by atoms with Gasteiger partial charge in [-0.3, -0.25) is 0 Å². The Balaban J connectivity index is 1.62. The van der Waals surface area contributed by atoms with Gasteiger partial charge in [-0.15, -0.1) is 0 Å². The van der Waals surface area contributed by atoms with Gasteiger partial charge in [0, 0.05) is 12.6 Å². The molecule has 0 aromatic heterocycles. The van der Waals surface area contributed by atoms with Gasteiger partial charge < -0.3 is 10.1 Å². The van der Waals surface area contributed by atoms with Crippen molar-refractivity contribution in [3.63, 3.8) is 0 Å². The maximum atomic E-state index is 9.19. The molecule has 2 rings (SSSR count). The van der Waals surface area contributed by atoms with E-state index in [1.807, 2.05) is 0 Å². The number of hydrogen-bond donors (Lipinski definition) is 1. The first-order valence-electron chi connectivity index (χ1n) is 7.65. The Morgan fingerprint density at radius 1 is 1.00 bits per heavy atom. The molecular weight excluding hydrogens is 224 g/mol. The van der Waals surface area contributed by atoms with Gasteiger partial charge in [0.2, 0.25) is 0 Å². The summed E-state index contributed by atoms with van der Waals surface area (Å²) in [7, 11) is 0. The van der Waals surface area contributed by atoms with Gasteiger partial charge in [0.25, 0.3) is 0 Å². The fourth-order valence-electron chi connectivity index (χ4n) is 3.23. The van der Waals surface area contributed by atoms with Crippen molar-refractivity contribution >= 4 is 0 Å². The van der Waals surface area contributed by atoms with Crippen LogP contribution >= 0.6 is 0 Å². The Hall–Kier alpha value is -0.590. The van der Waals surface area contributed by atoms with Gasteiger partial charge in [-0.25, -0.2) is 0 Å². The van der Waals surface area contributed by atoms with E-state index in [1.54, 1.807) is 0 Å². The topological polar surface area (TPSA) is 45.0 Å². The zero-order valence-electron chi connectivity index (χ0n) is 11.4. The molecule has 3 heteroatoms. The molecule has 18 heavy (non-hydrogen) atoms. The number of rotatable bonds is 5. The first kappa shape index (κ1) is 13.8. The van der Waals surface area contributed by atoms with Crippen LogP contribution in [-0.2, 0) is 4.74 Å². The lowest BCUT2D eigenvalue weighted by Crippen LogP contribution is -2.37. The lowest BCUT2D eigenvalue weighted by Gasteiger charge is -2.21. The first-order chi connectivity index (χ1) is 8.90. The van der Waals surface area contributed by atoms with E-state index in [4.69, 9.17) is 4.74 Å². The molecular formula is C15H26N2O. The van der Waals surface area contributed by atoms with Crippen LogP contribution in [0, 0.1) is 17.2 Å². The van der Waals surface area contributed by atoms with Gasteiger partial charge in [0.15, 0.2) is 0 Å². The molecule has 2 aliphatic carbocycles. The Labute approximate surface area is 111 Å². The van der Waals surface area contributed by atoms with Crippen LogP contribution in [0.15, 0.2) is 0 Å². The van der Waals surface area contributed by atoms with E-state index >= 15 is 0 Å². The lowest BCUT2D eigenvalue weighted by atomic mass is 9.96. The monoisotopic (exact) mass is 250 g/mol. The molecule has 2 saturated carbocycles. The smallest absolute Gasteiger partial charge is 0.0672 e. The van der Waals surface area contributed by atoms with Crippen LogP contribution in [0.3, 0.4) is 0 Å². The number of nitrogens with zero attached hydrogens (tertiary/aromatic N) is 1. The minimum atomic E-state index is 0.207. The molecule has 0 aliphatic heterocycles. The van der Waals surface area contributed by atoms with Crippen molar-refractivity contribution in [2.45, 2.75) is 69.9 Å². The average molecular weight is 250 g/mol. The largest absolute Gasteiger partial charge is 0.377 e. The maximum absolute atomic E-state index is 9.19. The van der Waals surface area contributed by atoms with E-state index in [0.29, 0.717) is 12.1 Å². The predicted octanol–water partition coefficient (Wildman–Crippen LogP) is 3.01. The lowest BCUT2D eigenvalue weighted by molar-refractivity contribution is 0.0583. The summed E-state index contributed by atoms with van der Waals surface area (Å²) in [5.41, 5.74) is 0. The second kappa shape index (κ2) is 7.76. The quantitative estimate of drug-likeness (QED) is 0.602. The van der Waals surface area contributed by atoms with E-state index in [9.17, 15) is 5.26 Å². The van der Waals surface area contributed by atoms with Gasteiger partial charge in [0.05, 0.1) is 24.7 Å². The second-order valence-electron chi connectivity index (χ2n) is 5.71. The summed E-state index contributed by atoms with van der Waals surface area (Å²) in [6.07, 6.45) is 11.6. The molecule has 0 aromatic carbocycles. The van der Waals surface area contributed by atoms with E-state index in [0.717, 1.165) is 26.0 Å². The molecule has 0 amide bonds. The minimum absolute atomic E-state index is 0.207. The highest BCUT2D eigenvalue weighted by atomic mass is 16.5. The standard InChI is InChI=1S/C15H26N2O/c16-12-13-6-2-1-3-9-15(13)17-10-11-18-14-7-4-5-8-14/h13-15,17H,1-11H2. The highest BCUT2D eigenvalue weighted by Crippen LogP contribution is 2.23. The van der Waals surface area contributed by atoms with Crippen LogP contribution in [-0.4, -0.2) is 25.3 Å². The van der Waals surface area contributed by atoms with Crippen LogP contribution in [0.25, 0.3) is 0 Å². The van der Waals surface area contributed by atoms with Gasteiger partial charge >= 0.3 is 0 Å². The number of nitriles is 1. The average Bonchev–Trinajstić information content (AvgIpc) is 2.80. The summed E-state index contributed by atoms with van der Waals surface area (Å²) in [6, 6.07) is 2.87. The first-order valence-corrected chi connectivity index (χ1v) is 7.65. The number of hydrogen-bond acceptors (Lipinski definition) is 3. The van der Waals surface area contributed by atoms with Gasteiger partial charge in [-0.2, -0.15) is 5.26 Å². The molecule has 2 unspecified atom stereocenters. The molecule has 2 fully saturated rings. The molecule has 2 atom stereocenters. The molecule has 2 aliphatic rings. The van der Waals surface area contributed by atoms with Crippen molar-refractivity contribution in [3.8, 4) is 6.07 Å². The van der Waals surface area contributed by atoms with E-state index < -0.39 is 0 Å². The molecule has 102 valence electrons. The Bertz CT molecular complexity index is 268. The van der Waals surface area contributed by atoms with Gasteiger partial charge in [0.1, 0.15) is 0 Å². The maximum Gasteiger partial charge on any atom is 0.0672 e. The zero-order chi connectivity index (χ0) is 12.6. The molecule has 3 nitrogen and oxygen atoms in total. The summed E-state index contributed by atoms with van der Waals surface area (Å²) in [5.74, 6) is 0.207. The van der Waals surface area contributed by atoms with Crippen molar-refractivity contribution in [2.24, 2.45) is 5.92 Å². The Kier molecular flexibility index (Phi) is 5.96. The van der Waals surface area contributed by atoms with E-state index in [-0.39, 0.29) is 5.92 Å². The van der Waals surface area contributed by atoms with Crippen LogP contribution in [0.4, 0.5) is 0 Å². The molecule has 0 radical (unpaired) electrons. The molecule has 0 heterocycles. The fourth-order valence-corrected chi connectivity index (χ4v) is 3.23. The van der Waals surface area contributed by atoms with Crippen LogP contribution in [0.1, 0.15) is 57.8 Å². The van der Waals surface area contributed by atoms with Crippen molar-refractivity contribution in [1.82, 2.24) is 5.32 Å². The fraction of sp³-hybridized carbons (Fsp3) is 0.933. The molecule has 1 N–H and O–H groups in total. The number of ether oxygens (including phenoxy) is 1. The second-order valence-corrected chi connectivity index (χ2v) is 5.71. The summed E-state index contributed by atoms with van der Waals surface area (Å²) in [4.78, 5) is 0. The zero-order valence-corrected chi connectivity index (χ0v) is 11.4. The van der Waals surface area contributed by atoms with Crippen LogP contribution < -0.4 is 5.32 Å². The van der Waals surface area contributed by atoms with Gasteiger partial charge in [-0.1, -0.05) is 32.1 Å². The molecule has 0 aromatic rings. The summed E-state index contributed by atoms with van der Waals surface area (Å²) >= 11 is 0. The molecule has 0 bridgehead atoms. The highest BCUT2D eigenvalue weighted by Gasteiger charge is 2.23. The number of nitrogens with one attached hydrogen (secondary N) is 1. The molecule has 0 spiro atoms. The summed E-state index contributed by atoms with van der Waals surface area (Å²) in [6.45, 7) is 1.71. The van der Waals surface area contributed by atoms with E-state index in [1.165, 1.54) is 44.9 Å². The Morgan fingerprint density at radius 2 is 1.72 bits per heavy atom. The minimum Gasteiger partial charge on any atom is -0.377 e. The SMILES string of the molecule is N#CC1CCCCCC1NCCOC1CCCC1. The normalized spacial score (nSPS) is 29.9. The third kappa shape index (κ3) is 4.26. The van der Waals surface area contributed by atoms with Crippen molar-refractivity contribution in [1.29, 1.82) is 5.26 Å². The van der Waals surface area contributed by atoms with Crippen molar-refractivity contribution < 1.29 is 4.74 Å². The molecule has 0 saturated heterocycles.